The van der Waals surface area contributed by atoms with E-state index in [4.69, 9.17) is 5.11 Å². The molecule has 2 atom stereocenters. The van der Waals surface area contributed by atoms with Gasteiger partial charge in [0, 0.05) is 25.8 Å². The van der Waals surface area contributed by atoms with Crippen LogP contribution >= 0.6 is 0 Å². The maximum Gasteiger partial charge on any atom is 0.337 e. The van der Waals surface area contributed by atoms with E-state index in [1.54, 1.807) is 12.1 Å². The summed E-state index contributed by atoms with van der Waals surface area (Å²) in [5, 5.41) is 18.4. The molecule has 98 valence electrons. The largest absolute Gasteiger partial charge is 0.478 e. The number of likely N-dealkylation sites (tertiary alicyclic amines) is 1. The Morgan fingerprint density at radius 3 is 2.89 bits per heavy atom. The first kappa shape index (κ1) is 13.0. The number of nitrogens with zero attached hydrogens (tertiary/aromatic N) is 2. The van der Waals surface area contributed by atoms with E-state index in [1.165, 1.54) is 6.20 Å². The van der Waals surface area contributed by atoms with Gasteiger partial charge in [0.1, 0.15) is 0 Å². The maximum absolute atomic E-state index is 10.7. The third-order valence-electron chi connectivity index (χ3n) is 3.40. The number of piperidine rings is 1. The molecule has 1 fully saturated rings. The van der Waals surface area contributed by atoms with Gasteiger partial charge in [-0.15, -0.1) is 0 Å². The lowest BCUT2D eigenvalue weighted by Crippen LogP contribution is -2.41. The van der Waals surface area contributed by atoms with E-state index in [9.17, 15) is 9.90 Å². The highest BCUT2D eigenvalue weighted by Gasteiger charge is 2.24. The molecule has 5 nitrogen and oxygen atoms in total. The van der Waals surface area contributed by atoms with Crippen LogP contribution < -0.4 is 0 Å². The molecular weight excluding hydrogens is 232 g/mol. The fourth-order valence-electron chi connectivity index (χ4n) is 2.24. The van der Waals surface area contributed by atoms with E-state index in [1.807, 2.05) is 6.92 Å². The van der Waals surface area contributed by atoms with Gasteiger partial charge >= 0.3 is 5.97 Å². The number of aliphatic hydroxyl groups excluding tert-OH is 1. The molecule has 0 radical (unpaired) electrons. The second-order valence-electron chi connectivity index (χ2n) is 4.91. The highest BCUT2D eigenvalue weighted by atomic mass is 16.4. The summed E-state index contributed by atoms with van der Waals surface area (Å²) in [6.07, 6.45) is 1.97. The molecule has 0 amide bonds. The standard InChI is InChI=1S/C13H18N2O3/c1-9-7-15(5-4-12(9)16)8-11-3-2-10(6-14-11)13(17)18/h2-3,6,9,12,16H,4-5,7-8H2,1H3,(H,17,18). The minimum Gasteiger partial charge on any atom is -0.478 e. The van der Waals surface area contributed by atoms with E-state index in [-0.39, 0.29) is 17.6 Å². The maximum atomic E-state index is 10.7. The van der Waals surface area contributed by atoms with Crippen LogP contribution in [-0.2, 0) is 6.54 Å². The molecule has 1 aliphatic heterocycles. The Labute approximate surface area is 106 Å². The Hall–Kier alpha value is -1.46. The average molecular weight is 250 g/mol. The van der Waals surface area contributed by atoms with Crippen molar-refractivity contribution >= 4 is 5.97 Å². The molecule has 1 aromatic heterocycles. The van der Waals surface area contributed by atoms with Crippen molar-refractivity contribution in [2.75, 3.05) is 13.1 Å². The second kappa shape index (κ2) is 5.46. The number of aliphatic hydroxyl groups is 1. The van der Waals surface area contributed by atoms with Crippen LogP contribution in [0.2, 0.25) is 0 Å². The lowest BCUT2D eigenvalue weighted by Gasteiger charge is -2.34. The lowest BCUT2D eigenvalue weighted by atomic mass is 9.97. The molecule has 2 heterocycles. The van der Waals surface area contributed by atoms with Gasteiger partial charge < -0.3 is 10.2 Å². The Bertz CT molecular complexity index is 419. The van der Waals surface area contributed by atoms with Crippen molar-refractivity contribution in [3.8, 4) is 0 Å². The summed E-state index contributed by atoms with van der Waals surface area (Å²) in [6, 6.07) is 3.33. The zero-order valence-electron chi connectivity index (χ0n) is 10.4. The zero-order chi connectivity index (χ0) is 13.1. The van der Waals surface area contributed by atoms with Crippen LogP contribution in [0.4, 0.5) is 0 Å². The normalized spacial score (nSPS) is 25.0. The smallest absolute Gasteiger partial charge is 0.337 e. The summed E-state index contributed by atoms with van der Waals surface area (Å²) >= 11 is 0. The number of carboxylic acids is 1. The van der Waals surface area contributed by atoms with Gasteiger partial charge in [-0.3, -0.25) is 9.88 Å². The average Bonchev–Trinajstić information content (AvgIpc) is 2.34. The molecule has 0 aliphatic carbocycles. The molecule has 5 heteroatoms. The molecule has 1 aromatic rings. The van der Waals surface area contributed by atoms with Gasteiger partial charge in [-0.05, 0) is 24.5 Å². The highest BCUT2D eigenvalue weighted by molar-refractivity contribution is 5.87. The molecule has 1 saturated heterocycles. The topological polar surface area (TPSA) is 73.7 Å². The van der Waals surface area contributed by atoms with Crippen LogP contribution in [0, 0.1) is 5.92 Å². The van der Waals surface area contributed by atoms with Gasteiger partial charge in [-0.2, -0.15) is 0 Å². The van der Waals surface area contributed by atoms with E-state index >= 15 is 0 Å². The van der Waals surface area contributed by atoms with Gasteiger partial charge in [-0.25, -0.2) is 4.79 Å². The molecule has 0 saturated carbocycles. The third kappa shape index (κ3) is 3.05. The first-order valence-corrected chi connectivity index (χ1v) is 6.15. The van der Waals surface area contributed by atoms with Crippen molar-refractivity contribution in [1.29, 1.82) is 0 Å². The monoisotopic (exact) mass is 250 g/mol. The molecule has 0 spiro atoms. The quantitative estimate of drug-likeness (QED) is 0.836. The molecule has 2 unspecified atom stereocenters. The van der Waals surface area contributed by atoms with Crippen LogP contribution in [0.1, 0.15) is 29.4 Å². The molecule has 2 N–H and O–H groups in total. The number of pyridine rings is 1. The predicted octanol–water partition coefficient (Wildman–Crippen LogP) is 0.982. The Balaban J connectivity index is 1.95. The third-order valence-corrected chi connectivity index (χ3v) is 3.40. The Morgan fingerprint density at radius 1 is 1.56 bits per heavy atom. The molecule has 18 heavy (non-hydrogen) atoms. The van der Waals surface area contributed by atoms with Gasteiger partial charge in [0.15, 0.2) is 0 Å². The number of rotatable bonds is 3. The number of hydrogen-bond donors (Lipinski definition) is 2. The van der Waals surface area contributed by atoms with Crippen LogP contribution in [0.3, 0.4) is 0 Å². The molecular formula is C13H18N2O3. The zero-order valence-corrected chi connectivity index (χ0v) is 10.4. The van der Waals surface area contributed by atoms with Crippen molar-refractivity contribution in [1.82, 2.24) is 9.88 Å². The van der Waals surface area contributed by atoms with Crippen LogP contribution in [0.5, 0.6) is 0 Å². The van der Waals surface area contributed by atoms with Crippen LogP contribution in [0.25, 0.3) is 0 Å². The minimum atomic E-state index is -0.955. The van der Waals surface area contributed by atoms with Crippen molar-refractivity contribution in [2.24, 2.45) is 5.92 Å². The van der Waals surface area contributed by atoms with Crippen molar-refractivity contribution < 1.29 is 15.0 Å². The summed E-state index contributed by atoms with van der Waals surface area (Å²) in [4.78, 5) is 17.1. The fourth-order valence-corrected chi connectivity index (χ4v) is 2.24. The highest BCUT2D eigenvalue weighted by Crippen LogP contribution is 2.18. The first-order valence-electron chi connectivity index (χ1n) is 6.15. The van der Waals surface area contributed by atoms with Gasteiger partial charge in [0.2, 0.25) is 0 Å². The summed E-state index contributed by atoms with van der Waals surface area (Å²) in [6.45, 7) is 4.45. The molecule has 1 aliphatic rings. The van der Waals surface area contributed by atoms with E-state index in [0.29, 0.717) is 6.54 Å². The Kier molecular flexibility index (Phi) is 3.93. The SMILES string of the molecule is CC1CN(Cc2ccc(C(=O)O)cn2)CCC1O. The lowest BCUT2D eigenvalue weighted by molar-refractivity contribution is 0.0315. The first-order chi connectivity index (χ1) is 8.56. The summed E-state index contributed by atoms with van der Waals surface area (Å²) in [5.41, 5.74) is 1.07. The Morgan fingerprint density at radius 2 is 2.33 bits per heavy atom. The van der Waals surface area contributed by atoms with Crippen LogP contribution in [-0.4, -0.2) is 45.3 Å². The van der Waals surface area contributed by atoms with E-state index in [2.05, 4.69) is 9.88 Å². The fraction of sp³-hybridized carbons (Fsp3) is 0.538. The summed E-state index contributed by atoms with van der Waals surface area (Å²) in [7, 11) is 0. The number of aromatic nitrogens is 1. The van der Waals surface area contributed by atoms with Crippen molar-refractivity contribution in [3.63, 3.8) is 0 Å². The number of hydrogen-bond acceptors (Lipinski definition) is 4. The van der Waals surface area contributed by atoms with Crippen molar-refractivity contribution in [2.45, 2.75) is 26.0 Å². The van der Waals surface area contributed by atoms with Crippen LogP contribution in [0.15, 0.2) is 18.3 Å². The van der Waals surface area contributed by atoms with E-state index < -0.39 is 5.97 Å². The van der Waals surface area contributed by atoms with E-state index in [0.717, 1.165) is 25.2 Å². The minimum absolute atomic E-state index is 0.205. The number of carbonyl (C=O) groups is 1. The van der Waals surface area contributed by atoms with Gasteiger partial charge in [0.05, 0.1) is 17.4 Å². The van der Waals surface area contributed by atoms with Gasteiger partial charge in [0.25, 0.3) is 0 Å². The predicted molar refractivity (Wildman–Crippen MR) is 66.3 cm³/mol. The van der Waals surface area contributed by atoms with Crippen molar-refractivity contribution in [3.05, 3.63) is 29.6 Å². The molecule has 0 bridgehead atoms. The molecule has 0 aromatic carbocycles. The second-order valence-corrected chi connectivity index (χ2v) is 4.91. The van der Waals surface area contributed by atoms with Gasteiger partial charge in [-0.1, -0.05) is 6.92 Å². The summed E-state index contributed by atoms with van der Waals surface area (Å²) in [5.74, 6) is -0.680. The molecule has 2 rings (SSSR count). The number of carboxylic acid groups (broad SMARTS) is 1. The summed E-state index contributed by atoms with van der Waals surface area (Å²) < 4.78 is 0. The number of aromatic carboxylic acids is 1.